The average Bonchev–Trinajstić information content (AvgIpc) is 3.94. The van der Waals surface area contributed by atoms with Gasteiger partial charge in [-0.1, -0.05) is 37.6 Å². The van der Waals surface area contributed by atoms with E-state index in [1.807, 2.05) is 24.4 Å². The van der Waals surface area contributed by atoms with E-state index in [4.69, 9.17) is 16.3 Å². The number of allylic oxidation sites excluding steroid dienone is 1. The van der Waals surface area contributed by atoms with Crippen molar-refractivity contribution >= 4 is 64.0 Å². The number of hydrogen-bond donors (Lipinski definition) is 3. The number of hydrogen-bond acceptors (Lipinski definition) is 8. The van der Waals surface area contributed by atoms with E-state index in [2.05, 4.69) is 47.4 Å². The smallest absolute Gasteiger partial charge is 0.252 e. The van der Waals surface area contributed by atoms with Gasteiger partial charge >= 0.3 is 0 Å². The molecule has 2 saturated carbocycles. The summed E-state index contributed by atoms with van der Waals surface area (Å²) in [5.74, 6) is 0.316. The number of likely N-dealkylation sites (tertiary alicyclic amines) is 1. The van der Waals surface area contributed by atoms with Crippen molar-refractivity contribution in [2.75, 3.05) is 13.2 Å². The number of carbonyl (C=O) groups is 3. The van der Waals surface area contributed by atoms with Crippen LogP contribution in [0.15, 0.2) is 41.0 Å². The fraction of sp³-hybridized carbons (Fsp3) is 0.553. The number of carbonyl (C=O) groups excluding carboxylic acids is 3. The minimum Gasteiger partial charge on any atom is -0.369 e. The van der Waals surface area contributed by atoms with Crippen molar-refractivity contribution in [1.29, 1.82) is 0 Å². The van der Waals surface area contributed by atoms with Crippen molar-refractivity contribution in [1.82, 2.24) is 24.9 Å². The van der Waals surface area contributed by atoms with Gasteiger partial charge in [-0.05, 0) is 108 Å². The molecular formula is C38H52ClN5O5S2. The number of halogens is 1. The topological polar surface area (TPSA) is 133 Å². The summed E-state index contributed by atoms with van der Waals surface area (Å²) in [6.45, 7) is 15.0. The van der Waals surface area contributed by atoms with Gasteiger partial charge in [0.1, 0.15) is 17.2 Å². The van der Waals surface area contributed by atoms with Crippen molar-refractivity contribution < 1.29 is 19.1 Å². The lowest BCUT2D eigenvalue weighted by Crippen LogP contribution is -2.49. The molecule has 51 heavy (non-hydrogen) atoms. The monoisotopic (exact) mass is 757 g/mol. The Hall–Kier alpha value is -3.19. The Kier molecular flexibility index (Phi) is 15.2. The number of benzene rings is 1. The Labute approximate surface area is 314 Å². The normalized spacial score (nSPS) is 17.9. The molecule has 1 aliphatic heterocycles. The molecule has 2 aromatic heterocycles. The van der Waals surface area contributed by atoms with E-state index in [0.29, 0.717) is 45.8 Å². The first-order chi connectivity index (χ1) is 24.4. The lowest BCUT2D eigenvalue weighted by molar-refractivity contribution is -0.147. The van der Waals surface area contributed by atoms with Crippen molar-refractivity contribution in [2.45, 2.75) is 121 Å². The lowest BCUT2D eigenvalue weighted by atomic mass is 10.1. The minimum absolute atomic E-state index is 0.00605. The van der Waals surface area contributed by atoms with E-state index in [0.717, 1.165) is 73.3 Å². The largest absolute Gasteiger partial charge is 0.369 e. The molecule has 1 unspecified atom stereocenters. The summed E-state index contributed by atoms with van der Waals surface area (Å²) in [4.78, 5) is 56.3. The van der Waals surface area contributed by atoms with Crippen LogP contribution in [0.2, 0.25) is 5.02 Å². The van der Waals surface area contributed by atoms with Gasteiger partial charge in [0.25, 0.3) is 5.91 Å². The zero-order chi connectivity index (χ0) is 37.1. The molecule has 3 fully saturated rings. The third-order valence-electron chi connectivity index (χ3n) is 9.07. The molecule has 3 aliphatic rings. The van der Waals surface area contributed by atoms with Gasteiger partial charge in [0.2, 0.25) is 12.3 Å². The standard InChI is InChI=1S/C17H28N2O3.C16H15ClN2OS.C5H9NOS/c1-3-4-5-6-12-22-13(2)17(21)19-11-7-8-15(19)16(20)18-14-9-10-14;1-8(2)12-7-21-16(19-12)11-6-13(20)10-5-4-9(3)14(17)15(10)18-11;1-5(2-3-5)8-6-4-7/h3,13-15H,1,4-12H2,2H3,(H,18,20);4-8H,1-3H3,(H,18,20);4H,2-3H2,1H3,(H,6,7)/t13-,15?;;/m1../s1. The van der Waals surface area contributed by atoms with Gasteiger partial charge in [-0.2, -0.15) is 0 Å². The van der Waals surface area contributed by atoms with Crippen LogP contribution in [-0.4, -0.2) is 69.2 Å². The molecule has 0 spiro atoms. The number of fused-ring (bicyclic) bond motifs is 1. The number of thiazole rings is 1. The quantitative estimate of drug-likeness (QED) is 0.0665. The van der Waals surface area contributed by atoms with Gasteiger partial charge in [0.15, 0.2) is 5.43 Å². The van der Waals surface area contributed by atoms with Crippen LogP contribution in [-0.2, 0) is 19.1 Å². The van der Waals surface area contributed by atoms with Crippen LogP contribution < -0.4 is 15.5 Å². The number of amides is 3. The molecule has 3 N–H and O–H groups in total. The van der Waals surface area contributed by atoms with E-state index in [1.54, 1.807) is 24.0 Å². The molecule has 0 radical (unpaired) electrons. The Morgan fingerprint density at radius 2 is 1.98 bits per heavy atom. The second kappa shape index (κ2) is 19.0. The Bertz CT molecular complexity index is 1720. The number of nitrogens with zero attached hydrogens (tertiary/aromatic N) is 2. The fourth-order valence-electron chi connectivity index (χ4n) is 5.41. The first-order valence-electron chi connectivity index (χ1n) is 17.9. The first-order valence-corrected chi connectivity index (χ1v) is 19.9. The maximum atomic E-state index is 12.5. The second-order valence-corrected chi connectivity index (χ2v) is 16.6. The van der Waals surface area contributed by atoms with Crippen LogP contribution in [0.4, 0.5) is 0 Å². The molecule has 6 rings (SSSR count). The van der Waals surface area contributed by atoms with Crippen LogP contribution >= 0.6 is 34.9 Å². The zero-order valence-corrected chi connectivity index (χ0v) is 32.8. The third-order valence-corrected chi connectivity index (χ3v) is 11.6. The highest BCUT2D eigenvalue weighted by Crippen LogP contribution is 2.45. The van der Waals surface area contributed by atoms with E-state index in [1.165, 1.54) is 36.1 Å². The van der Waals surface area contributed by atoms with E-state index < -0.39 is 6.10 Å². The molecule has 1 saturated heterocycles. The predicted octanol–water partition coefficient (Wildman–Crippen LogP) is 7.69. The number of aryl methyl sites for hydroxylation is 1. The summed E-state index contributed by atoms with van der Waals surface area (Å²) >= 11 is 9.39. The van der Waals surface area contributed by atoms with Gasteiger partial charge in [0.05, 0.1) is 21.9 Å². The van der Waals surface area contributed by atoms with Gasteiger partial charge < -0.3 is 24.7 Å². The Morgan fingerprint density at radius 1 is 1.24 bits per heavy atom. The lowest BCUT2D eigenvalue weighted by Gasteiger charge is -2.26. The molecule has 1 aromatic carbocycles. The highest BCUT2D eigenvalue weighted by Gasteiger charge is 2.39. The molecule has 10 nitrogen and oxygen atoms in total. The summed E-state index contributed by atoms with van der Waals surface area (Å²) in [6.07, 6.45) is 11.3. The molecule has 3 aromatic rings. The number of unbranched alkanes of at least 4 members (excludes halogenated alkanes) is 2. The van der Waals surface area contributed by atoms with E-state index in [-0.39, 0.29) is 23.3 Å². The summed E-state index contributed by atoms with van der Waals surface area (Å²) in [5, 5.41) is 7.04. The number of aromatic amines is 1. The van der Waals surface area contributed by atoms with Gasteiger partial charge in [-0.3, -0.25) is 19.2 Å². The SMILES string of the molecule is C=CCCCCO[C@H](C)C(=O)N1CCCC1C(=O)NC1CC1.CC1(SNC=O)CC1.Cc1ccc2c(=O)cc(-c3nc(C(C)C)cs3)[nH]c2c1Cl. The van der Waals surface area contributed by atoms with Gasteiger partial charge in [-0.15, -0.1) is 17.9 Å². The van der Waals surface area contributed by atoms with Crippen LogP contribution in [0, 0.1) is 6.92 Å². The van der Waals surface area contributed by atoms with Crippen LogP contribution in [0.25, 0.3) is 21.6 Å². The zero-order valence-electron chi connectivity index (χ0n) is 30.4. The maximum Gasteiger partial charge on any atom is 0.252 e. The molecule has 3 heterocycles. The number of pyridine rings is 1. The molecule has 278 valence electrons. The van der Waals surface area contributed by atoms with E-state index >= 15 is 0 Å². The third kappa shape index (κ3) is 11.9. The Balaban J connectivity index is 0.000000189. The number of aromatic nitrogens is 2. The molecule has 0 bridgehead atoms. The summed E-state index contributed by atoms with van der Waals surface area (Å²) in [7, 11) is 0. The summed E-state index contributed by atoms with van der Waals surface area (Å²) in [5.41, 5.74) is 3.34. The average molecular weight is 758 g/mol. The van der Waals surface area contributed by atoms with Crippen molar-refractivity contribution in [3.05, 3.63) is 62.7 Å². The molecular weight excluding hydrogens is 706 g/mol. The molecule has 3 amide bonds. The number of rotatable bonds is 14. The fourth-order valence-corrected chi connectivity index (χ4v) is 7.21. The number of ether oxygens (including phenoxy) is 1. The summed E-state index contributed by atoms with van der Waals surface area (Å²) < 4.78 is 8.59. The minimum atomic E-state index is -0.474. The van der Waals surface area contributed by atoms with Crippen LogP contribution in [0.1, 0.15) is 103 Å². The van der Waals surface area contributed by atoms with Crippen molar-refractivity contribution in [3.8, 4) is 10.7 Å². The molecule has 13 heteroatoms. The van der Waals surface area contributed by atoms with Crippen LogP contribution in [0.3, 0.4) is 0 Å². The maximum absolute atomic E-state index is 12.5. The summed E-state index contributed by atoms with van der Waals surface area (Å²) in [6, 6.07) is 5.29. The van der Waals surface area contributed by atoms with Crippen LogP contribution in [0.5, 0.6) is 0 Å². The number of H-pyrrole nitrogens is 1. The molecule has 2 aliphatic carbocycles. The highest BCUT2D eigenvalue weighted by molar-refractivity contribution is 7.99. The number of nitrogens with one attached hydrogen (secondary N) is 3. The van der Waals surface area contributed by atoms with Crippen molar-refractivity contribution in [2.24, 2.45) is 0 Å². The Morgan fingerprint density at radius 3 is 2.61 bits per heavy atom. The van der Waals surface area contributed by atoms with E-state index in [9.17, 15) is 19.2 Å². The van der Waals surface area contributed by atoms with Gasteiger partial charge in [-0.25, -0.2) is 4.98 Å². The molecule has 2 atom stereocenters. The van der Waals surface area contributed by atoms with Gasteiger partial charge in [0, 0.05) is 40.8 Å². The predicted molar refractivity (Wildman–Crippen MR) is 209 cm³/mol. The first kappa shape index (κ1) is 40.6. The van der Waals surface area contributed by atoms with Crippen molar-refractivity contribution in [3.63, 3.8) is 0 Å². The highest BCUT2D eigenvalue weighted by atomic mass is 35.5. The second-order valence-electron chi connectivity index (χ2n) is 14.0.